The zero-order valence-corrected chi connectivity index (χ0v) is 13.1. The van der Waals surface area contributed by atoms with Crippen molar-refractivity contribution in [3.05, 3.63) is 48.0 Å². The Kier molecular flexibility index (Phi) is 4.27. The van der Waals surface area contributed by atoms with Gasteiger partial charge in [0.25, 0.3) is 0 Å². The molecule has 3 rings (SSSR count). The van der Waals surface area contributed by atoms with Gasteiger partial charge in [0.1, 0.15) is 0 Å². The minimum atomic E-state index is -0.173. The molecule has 1 aliphatic heterocycles. The lowest BCUT2D eigenvalue weighted by Crippen LogP contribution is -2.44. The molecule has 0 amide bonds. The molecule has 2 aromatic rings. The molecule has 1 aliphatic rings. The van der Waals surface area contributed by atoms with Gasteiger partial charge in [0.2, 0.25) is 0 Å². The normalized spacial score (nSPS) is 26.1. The van der Waals surface area contributed by atoms with Crippen LogP contribution in [0, 0.1) is 0 Å². The first-order valence-electron chi connectivity index (χ1n) is 8.08. The molecule has 112 valence electrons. The van der Waals surface area contributed by atoms with Gasteiger partial charge >= 0.3 is 0 Å². The summed E-state index contributed by atoms with van der Waals surface area (Å²) in [6, 6.07) is 15.8. The molecule has 0 spiro atoms. The van der Waals surface area contributed by atoms with Crippen molar-refractivity contribution < 1.29 is 4.74 Å². The van der Waals surface area contributed by atoms with E-state index in [1.54, 1.807) is 0 Å². The van der Waals surface area contributed by atoms with E-state index in [1.165, 1.54) is 22.8 Å². The number of nitrogens with one attached hydrogen (secondary N) is 1. The fourth-order valence-electron chi connectivity index (χ4n) is 3.30. The molecular weight excluding hydrogens is 258 g/mol. The predicted molar refractivity (Wildman–Crippen MR) is 88.6 cm³/mol. The summed E-state index contributed by atoms with van der Waals surface area (Å²) in [5, 5.41) is 6.24. The molecule has 2 unspecified atom stereocenters. The van der Waals surface area contributed by atoms with Gasteiger partial charge in [-0.1, -0.05) is 43.3 Å². The molecule has 1 fully saturated rings. The van der Waals surface area contributed by atoms with Crippen molar-refractivity contribution in [1.29, 1.82) is 0 Å². The Bertz CT molecular complexity index is 609. The van der Waals surface area contributed by atoms with Gasteiger partial charge in [-0.2, -0.15) is 0 Å². The Morgan fingerprint density at radius 1 is 1.19 bits per heavy atom. The van der Waals surface area contributed by atoms with E-state index in [-0.39, 0.29) is 5.60 Å². The lowest BCUT2D eigenvalue weighted by Gasteiger charge is -2.39. The molecular formula is C19H25NO. The highest BCUT2D eigenvalue weighted by Gasteiger charge is 2.34. The van der Waals surface area contributed by atoms with Crippen molar-refractivity contribution in [2.45, 2.75) is 44.8 Å². The summed E-state index contributed by atoms with van der Waals surface area (Å²) >= 11 is 0. The third-order valence-corrected chi connectivity index (χ3v) is 4.57. The Labute approximate surface area is 127 Å². The zero-order chi connectivity index (χ0) is 14.7. The Morgan fingerprint density at radius 2 is 2.00 bits per heavy atom. The van der Waals surface area contributed by atoms with Crippen LogP contribution in [0.25, 0.3) is 10.8 Å². The zero-order valence-electron chi connectivity index (χ0n) is 13.1. The number of benzene rings is 2. The second kappa shape index (κ2) is 6.17. The van der Waals surface area contributed by atoms with Gasteiger partial charge in [-0.25, -0.2) is 0 Å². The summed E-state index contributed by atoms with van der Waals surface area (Å²) in [5.74, 6) is 0. The number of ether oxygens (including phenoxy) is 1. The van der Waals surface area contributed by atoms with E-state index in [1.807, 2.05) is 0 Å². The van der Waals surface area contributed by atoms with Gasteiger partial charge in [-0.15, -0.1) is 0 Å². The van der Waals surface area contributed by atoms with Gasteiger partial charge in [-0.05, 0) is 55.1 Å². The van der Waals surface area contributed by atoms with E-state index < -0.39 is 0 Å². The fraction of sp³-hybridized carbons (Fsp3) is 0.474. The Hall–Kier alpha value is -1.38. The second-order valence-corrected chi connectivity index (χ2v) is 6.29. The predicted octanol–water partition coefficient (Wildman–Crippen LogP) is 4.23. The molecule has 1 saturated heterocycles. The first-order valence-corrected chi connectivity index (χ1v) is 8.08. The summed E-state index contributed by atoms with van der Waals surface area (Å²) in [4.78, 5) is 0. The van der Waals surface area contributed by atoms with Crippen molar-refractivity contribution in [2.75, 3.05) is 13.2 Å². The fourth-order valence-corrected chi connectivity index (χ4v) is 3.30. The first-order chi connectivity index (χ1) is 10.2. The van der Waals surface area contributed by atoms with E-state index in [4.69, 9.17) is 4.74 Å². The number of rotatable bonds is 4. The highest BCUT2D eigenvalue weighted by Crippen LogP contribution is 2.36. The molecule has 0 aromatic heterocycles. The van der Waals surface area contributed by atoms with Crippen molar-refractivity contribution in [3.63, 3.8) is 0 Å². The van der Waals surface area contributed by atoms with Crippen molar-refractivity contribution >= 4 is 10.8 Å². The number of hydrogen-bond donors (Lipinski definition) is 1. The van der Waals surface area contributed by atoms with Crippen molar-refractivity contribution in [3.8, 4) is 0 Å². The molecule has 21 heavy (non-hydrogen) atoms. The minimum absolute atomic E-state index is 0.173. The molecule has 0 saturated carbocycles. The highest BCUT2D eigenvalue weighted by molar-refractivity contribution is 5.83. The topological polar surface area (TPSA) is 21.3 Å². The van der Waals surface area contributed by atoms with Crippen LogP contribution in [0.5, 0.6) is 0 Å². The third-order valence-electron chi connectivity index (χ3n) is 4.57. The summed E-state index contributed by atoms with van der Waals surface area (Å²) in [5.41, 5.74) is 1.12. The Balaban J connectivity index is 1.85. The van der Waals surface area contributed by atoms with E-state index in [0.717, 1.165) is 26.0 Å². The molecule has 0 radical (unpaired) electrons. The van der Waals surface area contributed by atoms with Crippen LogP contribution in [0.1, 0.15) is 38.7 Å². The number of fused-ring (bicyclic) bond motifs is 1. The average Bonchev–Trinajstić information content (AvgIpc) is 2.52. The third kappa shape index (κ3) is 3.12. The molecule has 2 heteroatoms. The van der Waals surface area contributed by atoms with Crippen LogP contribution in [-0.4, -0.2) is 19.2 Å². The monoisotopic (exact) mass is 283 g/mol. The summed E-state index contributed by atoms with van der Waals surface area (Å²) in [6.45, 7) is 6.38. The molecule has 2 aromatic carbocycles. The van der Waals surface area contributed by atoms with Crippen LogP contribution in [0.2, 0.25) is 0 Å². The lowest BCUT2D eigenvalue weighted by atomic mass is 9.85. The van der Waals surface area contributed by atoms with Crippen LogP contribution >= 0.6 is 0 Å². The van der Waals surface area contributed by atoms with E-state index in [9.17, 15) is 0 Å². The van der Waals surface area contributed by atoms with Gasteiger partial charge in [0, 0.05) is 12.6 Å². The van der Waals surface area contributed by atoms with Gasteiger partial charge < -0.3 is 10.1 Å². The van der Waals surface area contributed by atoms with Gasteiger partial charge in [0.15, 0.2) is 0 Å². The summed E-state index contributed by atoms with van der Waals surface area (Å²) in [6.07, 6.45) is 3.35. The second-order valence-electron chi connectivity index (χ2n) is 6.29. The largest absolute Gasteiger partial charge is 0.370 e. The summed E-state index contributed by atoms with van der Waals surface area (Å²) in [7, 11) is 0. The van der Waals surface area contributed by atoms with Crippen LogP contribution in [0.15, 0.2) is 42.5 Å². The Morgan fingerprint density at radius 3 is 2.81 bits per heavy atom. The summed E-state index contributed by atoms with van der Waals surface area (Å²) < 4.78 is 6.17. The quantitative estimate of drug-likeness (QED) is 0.906. The maximum atomic E-state index is 6.17. The maximum absolute atomic E-state index is 6.17. The molecule has 0 aliphatic carbocycles. The van der Waals surface area contributed by atoms with Crippen molar-refractivity contribution in [2.24, 2.45) is 0 Å². The lowest BCUT2D eigenvalue weighted by molar-refractivity contribution is -0.0811. The number of hydrogen-bond acceptors (Lipinski definition) is 2. The van der Waals surface area contributed by atoms with E-state index in [2.05, 4.69) is 61.6 Å². The maximum Gasteiger partial charge on any atom is 0.0918 e. The molecule has 1 N–H and O–H groups in total. The highest BCUT2D eigenvalue weighted by atomic mass is 16.5. The average molecular weight is 283 g/mol. The van der Waals surface area contributed by atoms with Crippen LogP contribution in [-0.2, 0) is 10.3 Å². The first kappa shape index (κ1) is 14.6. The molecule has 2 atom stereocenters. The van der Waals surface area contributed by atoms with Crippen LogP contribution < -0.4 is 5.32 Å². The van der Waals surface area contributed by atoms with Crippen molar-refractivity contribution in [1.82, 2.24) is 5.32 Å². The molecule has 2 nitrogen and oxygen atoms in total. The van der Waals surface area contributed by atoms with Crippen LogP contribution in [0.4, 0.5) is 0 Å². The van der Waals surface area contributed by atoms with Crippen LogP contribution in [0.3, 0.4) is 0 Å². The van der Waals surface area contributed by atoms with E-state index in [0.29, 0.717) is 6.04 Å². The smallest absolute Gasteiger partial charge is 0.0918 e. The van der Waals surface area contributed by atoms with Gasteiger partial charge in [0.05, 0.1) is 5.60 Å². The van der Waals surface area contributed by atoms with Gasteiger partial charge in [-0.3, -0.25) is 0 Å². The molecule has 0 bridgehead atoms. The van der Waals surface area contributed by atoms with E-state index >= 15 is 0 Å². The standard InChI is InChI=1S/C19H25NO/c1-3-11-20-18-10-12-21-19(2,14-18)17-9-8-15-6-4-5-7-16(15)13-17/h4-9,13,18,20H,3,10-12,14H2,1-2H3. The minimum Gasteiger partial charge on any atom is -0.370 e. The SMILES string of the molecule is CCCNC1CCOC(C)(c2ccc3ccccc3c2)C1. The molecule has 1 heterocycles.